The highest BCUT2D eigenvalue weighted by Crippen LogP contribution is 2.24. The third-order valence-corrected chi connectivity index (χ3v) is 3.44. The van der Waals surface area contributed by atoms with Crippen molar-refractivity contribution in [3.05, 3.63) is 42.5 Å². The molecule has 0 saturated carbocycles. The summed E-state index contributed by atoms with van der Waals surface area (Å²) in [7, 11) is 0. The smallest absolute Gasteiger partial charge is 0.244 e. The number of nitrogens with zero attached hydrogens (tertiary/aromatic N) is 1. The number of primary amides is 1. The van der Waals surface area contributed by atoms with Crippen molar-refractivity contribution in [2.75, 3.05) is 4.90 Å². The molecule has 0 saturated heterocycles. The van der Waals surface area contributed by atoms with Crippen LogP contribution < -0.4 is 16.4 Å². The number of fused-ring (bicyclic) bond motifs is 1. The molecular formula is C16H19N3O2. The van der Waals surface area contributed by atoms with E-state index in [9.17, 15) is 9.59 Å². The van der Waals surface area contributed by atoms with E-state index in [1.54, 1.807) is 19.9 Å². The number of amides is 2. The van der Waals surface area contributed by atoms with Crippen LogP contribution in [0.2, 0.25) is 0 Å². The fraction of sp³-hybridized carbons (Fsp3) is 0.250. The molecule has 0 heterocycles. The van der Waals surface area contributed by atoms with Gasteiger partial charge in [0, 0.05) is 5.69 Å². The molecule has 2 aromatic rings. The molecule has 5 heteroatoms. The van der Waals surface area contributed by atoms with Gasteiger partial charge < -0.3 is 11.5 Å². The van der Waals surface area contributed by atoms with E-state index < -0.39 is 18.0 Å². The Morgan fingerprint density at radius 1 is 1.05 bits per heavy atom. The van der Waals surface area contributed by atoms with Crippen LogP contribution in [-0.2, 0) is 9.59 Å². The maximum Gasteiger partial charge on any atom is 0.244 e. The molecule has 0 radical (unpaired) electrons. The zero-order chi connectivity index (χ0) is 15.6. The Morgan fingerprint density at radius 3 is 2.24 bits per heavy atom. The molecule has 21 heavy (non-hydrogen) atoms. The lowest BCUT2D eigenvalue weighted by molar-refractivity contribution is -0.124. The van der Waals surface area contributed by atoms with Gasteiger partial charge in [0.25, 0.3) is 0 Å². The monoisotopic (exact) mass is 285 g/mol. The van der Waals surface area contributed by atoms with E-state index in [0.29, 0.717) is 5.69 Å². The van der Waals surface area contributed by atoms with Gasteiger partial charge in [0.15, 0.2) is 0 Å². The van der Waals surface area contributed by atoms with Crippen molar-refractivity contribution in [1.82, 2.24) is 0 Å². The van der Waals surface area contributed by atoms with Gasteiger partial charge >= 0.3 is 0 Å². The molecule has 0 spiro atoms. The number of hydrogen-bond acceptors (Lipinski definition) is 3. The second-order valence-corrected chi connectivity index (χ2v) is 5.11. The summed E-state index contributed by atoms with van der Waals surface area (Å²) in [5.41, 5.74) is 11.6. The normalized spacial score (nSPS) is 13.7. The quantitative estimate of drug-likeness (QED) is 0.889. The van der Waals surface area contributed by atoms with Crippen LogP contribution in [-0.4, -0.2) is 23.9 Å². The van der Waals surface area contributed by atoms with Crippen molar-refractivity contribution in [3.8, 4) is 0 Å². The maximum absolute atomic E-state index is 12.3. The molecule has 2 aromatic carbocycles. The first-order chi connectivity index (χ1) is 9.91. The summed E-state index contributed by atoms with van der Waals surface area (Å²) in [5, 5.41) is 2.04. The van der Waals surface area contributed by atoms with Gasteiger partial charge in [-0.1, -0.05) is 30.3 Å². The van der Waals surface area contributed by atoms with Crippen molar-refractivity contribution < 1.29 is 9.59 Å². The van der Waals surface area contributed by atoms with Crippen molar-refractivity contribution in [3.63, 3.8) is 0 Å². The Morgan fingerprint density at radius 2 is 1.67 bits per heavy atom. The first-order valence-electron chi connectivity index (χ1n) is 6.78. The third-order valence-electron chi connectivity index (χ3n) is 3.44. The highest BCUT2D eigenvalue weighted by molar-refractivity contribution is 6.03. The molecule has 0 bridgehead atoms. The molecule has 0 aliphatic rings. The van der Waals surface area contributed by atoms with Gasteiger partial charge in [0.1, 0.15) is 6.04 Å². The van der Waals surface area contributed by atoms with Gasteiger partial charge in [-0.05, 0) is 36.8 Å². The van der Waals surface area contributed by atoms with E-state index in [4.69, 9.17) is 11.5 Å². The Labute approximate surface area is 123 Å². The molecule has 5 nitrogen and oxygen atoms in total. The van der Waals surface area contributed by atoms with E-state index in [1.807, 2.05) is 36.4 Å². The summed E-state index contributed by atoms with van der Waals surface area (Å²) >= 11 is 0. The van der Waals surface area contributed by atoms with Crippen LogP contribution in [0.25, 0.3) is 10.8 Å². The average molecular weight is 285 g/mol. The number of carbonyl (C=O) groups is 2. The van der Waals surface area contributed by atoms with E-state index >= 15 is 0 Å². The summed E-state index contributed by atoms with van der Waals surface area (Å²) < 4.78 is 0. The lowest BCUT2D eigenvalue weighted by Gasteiger charge is -2.29. The third kappa shape index (κ3) is 3.03. The molecule has 4 N–H and O–H groups in total. The van der Waals surface area contributed by atoms with Crippen LogP contribution >= 0.6 is 0 Å². The molecule has 0 fully saturated rings. The van der Waals surface area contributed by atoms with Crippen molar-refractivity contribution in [2.24, 2.45) is 11.5 Å². The average Bonchev–Trinajstić information content (AvgIpc) is 2.46. The topological polar surface area (TPSA) is 89.4 Å². The fourth-order valence-electron chi connectivity index (χ4n) is 2.21. The maximum atomic E-state index is 12.3. The van der Waals surface area contributed by atoms with Gasteiger partial charge in [-0.25, -0.2) is 0 Å². The number of nitrogens with two attached hydrogens (primary N) is 2. The molecule has 0 aromatic heterocycles. The van der Waals surface area contributed by atoms with Crippen LogP contribution in [0, 0.1) is 0 Å². The molecule has 2 rings (SSSR count). The first kappa shape index (κ1) is 15.0. The zero-order valence-electron chi connectivity index (χ0n) is 12.1. The minimum atomic E-state index is -0.760. The van der Waals surface area contributed by atoms with Crippen molar-refractivity contribution >= 4 is 28.3 Å². The van der Waals surface area contributed by atoms with E-state index in [0.717, 1.165) is 10.8 Å². The predicted molar refractivity (Wildman–Crippen MR) is 83.7 cm³/mol. The standard InChI is InChI=1S/C16H19N3O2/c1-10(17)16(21)19(11(2)15(18)20)14-8-7-12-5-3-4-6-13(12)9-14/h3-11H,17H2,1-2H3,(H2,18,20)/t10-,11?/m0/s1. The largest absolute Gasteiger partial charge is 0.368 e. The first-order valence-corrected chi connectivity index (χ1v) is 6.78. The fourth-order valence-corrected chi connectivity index (χ4v) is 2.21. The second kappa shape index (κ2) is 5.93. The minimum absolute atomic E-state index is 0.336. The number of hydrogen-bond donors (Lipinski definition) is 2. The number of benzene rings is 2. The van der Waals surface area contributed by atoms with Crippen LogP contribution in [0.4, 0.5) is 5.69 Å². The van der Waals surface area contributed by atoms with E-state index in [1.165, 1.54) is 4.90 Å². The van der Waals surface area contributed by atoms with Gasteiger partial charge in [0.2, 0.25) is 11.8 Å². The SMILES string of the molecule is CC(C(N)=O)N(C(=O)[C@H](C)N)c1ccc2ccccc2c1. The lowest BCUT2D eigenvalue weighted by atomic mass is 10.1. The van der Waals surface area contributed by atoms with Crippen LogP contribution in [0.3, 0.4) is 0 Å². The highest BCUT2D eigenvalue weighted by Gasteiger charge is 2.27. The molecule has 2 atom stereocenters. The number of carbonyl (C=O) groups excluding carboxylic acids is 2. The molecule has 110 valence electrons. The van der Waals surface area contributed by atoms with E-state index in [-0.39, 0.29) is 5.91 Å². The predicted octanol–water partition coefficient (Wildman–Crippen LogP) is 1.39. The summed E-state index contributed by atoms with van der Waals surface area (Å²) in [4.78, 5) is 25.2. The second-order valence-electron chi connectivity index (χ2n) is 5.11. The van der Waals surface area contributed by atoms with Gasteiger partial charge in [-0.15, -0.1) is 0 Å². The highest BCUT2D eigenvalue weighted by atomic mass is 16.2. The van der Waals surface area contributed by atoms with Gasteiger partial charge in [-0.3, -0.25) is 14.5 Å². The molecule has 0 aliphatic carbocycles. The van der Waals surface area contributed by atoms with Gasteiger partial charge in [-0.2, -0.15) is 0 Å². The summed E-state index contributed by atoms with van der Waals surface area (Å²) in [6.07, 6.45) is 0. The van der Waals surface area contributed by atoms with Gasteiger partial charge in [0.05, 0.1) is 6.04 Å². The summed E-state index contributed by atoms with van der Waals surface area (Å²) in [6.45, 7) is 3.18. The molecule has 0 aliphatic heterocycles. The van der Waals surface area contributed by atoms with Crippen molar-refractivity contribution in [1.29, 1.82) is 0 Å². The molecule has 2 amide bonds. The van der Waals surface area contributed by atoms with E-state index in [2.05, 4.69) is 0 Å². The number of anilines is 1. The van der Waals surface area contributed by atoms with Crippen LogP contribution in [0.1, 0.15) is 13.8 Å². The Kier molecular flexibility index (Phi) is 4.23. The minimum Gasteiger partial charge on any atom is -0.368 e. The Bertz CT molecular complexity index is 682. The zero-order valence-corrected chi connectivity index (χ0v) is 12.1. The summed E-state index contributed by atoms with van der Waals surface area (Å²) in [6, 6.07) is 11.9. The number of rotatable bonds is 4. The van der Waals surface area contributed by atoms with Crippen LogP contribution in [0.15, 0.2) is 42.5 Å². The molecule has 1 unspecified atom stereocenters. The lowest BCUT2D eigenvalue weighted by Crippen LogP contribution is -2.51. The summed E-state index contributed by atoms with van der Waals surface area (Å²) in [5.74, 6) is -0.909. The van der Waals surface area contributed by atoms with Crippen LogP contribution in [0.5, 0.6) is 0 Å². The Balaban J connectivity index is 2.52. The molecular weight excluding hydrogens is 266 g/mol. The Hall–Kier alpha value is -2.40. The van der Waals surface area contributed by atoms with Crippen molar-refractivity contribution in [2.45, 2.75) is 25.9 Å².